The van der Waals surface area contributed by atoms with E-state index in [4.69, 9.17) is 11.6 Å². The van der Waals surface area contributed by atoms with Gasteiger partial charge in [-0.15, -0.1) is 22.9 Å². The van der Waals surface area contributed by atoms with Crippen molar-refractivity contribution in [1.82, 2.24) is 4.98 Å². The molecule has 1 aromatic rings. The zero-order chi connectivity index (χ0) is 10.7. The van der Waals surface area contributed by atoms with Crippen molar-refractivity contribution in [1.29, 1.82) is 0 Å². The maximum Gasteiger partial charge on any atom is 0.185 e. The highest BCUT2D eigenvalue weighted by molar-refractivity contribution is 7.13. The van der Waals surface area contributed by atoms with Crippen LogP contribution in [0.5, 0.6) is 0 Å². The van der Waals surface area contributed by atoms with E-state index in [2.05, 4.69) is 22.2 Å². The SMILES string of the molecule is CC1CCCN(c2nc(CCl)cs2)CC1. The number of anilines is 1. The zero-order valence-electron chi connectivity index (χ0n) is 9.08. The van der Waals surface area contributed by atoms with Gasteiger partial charge < -0.3 is 4.90 Å². The van der Waals surface area contributed by atoms with Gasteiger partial charge in [-0.3, -0.25) is 0 Å². The summed E-state index contributed by atoms with van der Waals surface area (Å²) in [5, 5.41) is 3.22. The second kappa shape index (κ2) is 5.17. The molecular formula is C11H17ClN2S. The average molecular weight is 245 g/mol. The lowest BCUT2D eigenvalue weighted by Crippen LogP contribution is -2.23. The Morgan fingerprint density at radius 3 is 3.13 bits per heavy atom. The van der Waals surface area contributed by atoms with Gasteiger partial charge in [-0.05, 0) is 25.2 Å². The van der Waals surface area contributed by atoms with Crippen molar-refractivity contribution in [2.24, 2.45) is 5.92 Å². The van der Waals surface area contributed by atoms with E-state index >= 15 is 0 Å². The first-order chi connectivity index (χ1) is 7.29. The Bertz CT molecular complexity index is 313. The van der Waals surface area contributed by atoms with Crippen LogP contribution in [0.4, 0.5) is 5.13 Å². The Morgan fingerprint density at radius 2 is 2.40 bits per heavy atom. The van der Waals surface area contributed by atoms with Gasteiger partial charge in [-0.1, -0.05) is 6.92 Å². The van der Waals surface area contributed by atoms with Crippen LogP contribution in [-0.2, 0) is 5.88 Å². The smallest absolute Gasteiger partial charge is 0.185 e. The molecule has 15 heavy (non-hydrogen) atoms. The van der Waals surface area contributed by atoms with Crippen LogP contribution < -0.4 is 4.90 Å². The fourth-order valence-electron chi connectivity index (χ4n) is 1.96. The minimum atomic E-state index is 0.529. The molecule has 2 rings (SSSR count). The standard InChI is InChI=1S/C11H17ClN2S/c1-9-3-2-5-14(6-4-9)11-13-10(7-12)8-15-11/h8-9H,2-7H2,1H3. The third kappa shape index (κ3) is 2.85. The lowest BCUT2D eigenvalue weighted by atomic mass is 10.0. The number of hydrogen-bond donors (Lipinski definition) is 0. The molecule has 0 amide bonds. The fourth-order valence-corrected chi connectivity index (χ4v) is 3.06. The second-order valence-corrected chi connectivity index (χ2v) is 5.38. The van der Waals surface area contributed by atoms with E-state index < -0.39 is 0 Å². The lowest BCUT2D eigenvalue weighted by molar-refractivity contribution is 0.521. The third-order valence-corrected chi connectivity index (χ3v) is 4.19. The molecule has 1 atom stereocenters. The van der Waals surface area contributed by atoms with Crippen LogP contribution >= 0.6 is 22.9 Å². The molecule has 1 saturated heterocycles. The largest absolute Gasteiger partial charge is 0.348 e. The van der Waals surface area contributed by atoms with Crippen LogP contribution in [-0.4, -0.2) is 18.1 Å². The molecule has 4 heteroatoms. The van der Waals surface area contributed by atoms with Gasteiger partial charge in [0, 0.05) is 18.5 Å². The highest BCUT2D eigenvalue weighted by atomic mass is 35.5. The molecule has 0 saturated carbocycles. The van der Waals surface area contributed by atoms with E-state index in [0.717, 1.165) is 29.8 Å². The first-order valence-corrected chi connectivity index (χ1v) is 6.96. The molecule has 0 bridgehead atoms. The summed E-state index contributed by atoms with van der Waals surface area (Å²) in [4.78, 5) is 6.94. The van der Waals surface area contributed by atoms with Crippen molar-refractivity contribution in [2.75, 3.05) is 18.0 Å². The minimum absolute atomic E-state index is 0.529. The summed E-state index contributed by atoms with van der Waals surface area (Å²) in [6.07, 6.45) is 3.93. The number of rotatable bonds is 2. The van der Waals surface area contributed by atoms with Gasteiger partial charge in [0.15, 0.2) is 5.13 Å². The monoisotopic (exact) mass is 244 g/mol. The Labute approximate surface area is 100 Å². The molecule has 1 aromatic heterocycles. The highest BCUT2D eigenvalue weighted by Crippen LogP contribution is 2.25. The molecule has 1 fully saturated rings. The molecule has 84 valence electrons. The van der Waals surface area contributed by atoms with Crippen LogP contribution in [0.2, 0.25) is 0 Å². The van der Waals surface area contributed by atoms with E-state index in [-0.39, 0.29) is 0 Å². The summed E-state index contributed by atoms with van der Waals surface area (Å²) in [7, 11) is 0. The number of halogens is 1. The summed E-state index contributed by atoms with van der Waals surface area (Å²) >= 11 is 7.48. The van der Waals surface area contributed by atoms with E-state index in [1.165, 1.54) is 19.3 Å². The maximum absolute atomic E-state index is 5.76. The van der Waals surface area contributed by atoms with E-state index in [1.54, 1.807) is 11.3 Å². The lowest BCUT2D eigenvalue weighted by Gasteiger charge is -2.18. The van der Waals surface area contributed by atoms with Crippen molar-refractivity contribution in [3.05, 3.63) is 11.1 Å². The maximum atomic E-state index is 5.76. The van der Waals surface area contributed by atoms with Crippen molar-refractivity contribution in [3.8, 4) is 0 Å². The molecule has 0 radical (unpaired) electrons. The Morgan fingerprint density at radius 1 is 1.53 bits per heavy atom. The number of hydrogen-bond acceptors (Lipinski definition) is 3. The van der Waals surface area contributed by atoms with Gasteiger partial charge in [0.1, 0.15) is 0 Å². The number of thiazole rings is 1. The predicted molar refractivity (Wildman–Crippen MR) is 66.9 cm³/mol. The van der Waals surface area contributed by atoms with Crippen molar-refractivity contribution in [3.63, 3.8) is 0 Å². The van der Waals surface area contributed by atoms with Crippen molar-refractivity contribution < 1.29 is 0 Å². The average Bonchev–Trinajstić information content (AvgIpc) is 2.62. The molecule has 1 aliphatic heterocycles. The Balaban J connectivity index is 2.03. The van der Waals surface area contributed by atoms with Gasteiger partial charge in [-0.2, -0.15) is 0 Å². The molecule has 2 heterocycles. The first-order valence-electron chi connectivity index (χ1n) is 5.55. The Hall–Kier alpha value is -0.280. The summed E-state index contributed by atoms with van der Waals surface area (Å²) in [6, 6.07) is 0. The second-order valence-electron chi connectivity index (χ2n) is 4.28. The summed E-state index contributed by atoms with van der Waals surface area (Å²) < 4.78 is 0. The number of nitrogens with zero attached hydrogens (tertiary/aromatic N) is 2. The van der Waals surface area contributed by atoms with Crippen molar-refractivity contribution in [2.45, 2.75) is 32.1 Å². The van der Waals surface area contributed by atoms with Gasteiger partial charge in [0.2, 0.25) is 0 Å². The van der Waals surface area contributed by atoms with E-state index in [1.807, 2.05) is 0 Å². The fraction of sp³-hybridized carbons (Fsp3) is 0.727. The zero-order valence-corrected chi connectivity index (χ0v) is 10.7. The van der Waals surface area contributed by atoms with Crippen LogP contribution in [0.3, 0.4) is 0 Å². The van der Waals surface area contributed by atoms with Gasteiger partial charge in [0.05, 0.1) is 11.6 Å². The third-order valence-electron chi connectivity index (χ3n) is 2.96. The normalized spacial score (nSPS) is 22.8. The van der Waals surface area contributed by atoms with Gasteiger partial charge in [-0.25, -0.2) is 4.98 Å². The number of aromatic nitrogens is 1. The number of alkyl halides is 1. The van der Waals surface area contributed by atoms with Crippen molar-refractivity contribution >= 4 is 28.1 Å². The molecule has 1 aliphatic rings. The van der Waals surface area contributed by atoms with E-state index in [0.29, 0.717) is 5.88 Å². The van der Waals surface area contributed by atoms with Gasteiger partial charge >= 0.3 is 0 Å². The van der Waals surface area contributed by atoms with Crippen LogP contribution in [0.1, 0.15) is 31.9 Å². The molecule has 0 aliphatic carbocycles. The molecule has 1 unspecified atom stereocenters. The predicted octanol–water partition coefficient (Wildman–Crippen LogP) is 3.51. The minimum Gasteiger partial charge on any atom is -0.348 e. The summed E-state index contributed by atoms with van der Waals surface area (Å²) in [5.74, 6) is 1.39. The highest BCUT2D eigenvalue weighted by Gasteiger charge is 2.16. The van der Waals surface area contributed by atoms with Crippen LogP contribution in [0.15, 0.2) is 5.38 Å². The Kier molecular flexibility index (Phi) is 3.87. The molecule has 0 aromatic carbocycles. The quantitative estimate of drug-likeness (QED) is 0.741. The molecule has 0 N–H and O–H groups in total. The first kappa shape index (κ1) is 11.2. The molecule has 0 spiro atoms. The van der Waals surface area contributed by atoms with E-state index in [9.17, 15) is 0 Å². The van der Waals surface area contributed by atoms with Gasteiger partial charge in [0.25, 0.3) is 0 Å². The molecular weight excluding hydrogens is 228 g/mol. The summed E-state index contributed by atoms with van der Waals surface area (Å²) in [6.45, 7) is 4.64. The van der Waals surface area contributed by atoms with Crippen LogP contribution in [0.25, 0.3) is 0 Å². The van der Waals surface area contributed by atoms with Crippen LogP contribution in [0, 0.1) is 5.92 Å². The summed E-state index contributed by atoms with van der Waals surface area (Å²) in [5.41, 5.74) is 1.01. The molecule has 2 nitrogen and oxygen atoms in total. The topological polar surface area (TPSA) is 16.1 Å².